The normalized spacial score (nSPS) is 30.8. The van der Waals surface area contributed by atoms with Gasteiger partial charge in [-0.3, -0.25) is 4.79 Å². The van der Waals surface area contributed by atoms with Crippen molar-refractivity contribution in [1.82, 2.24) is 0 Å². The summed E-state index contributed by atoms with van der Waals surface area (Å²) >= 11 is 0. The molecule has 31 heavy (non-hydrogen) atoms. The van der Waals surface area contributed by atoms with Crippen LogP contribution in [0.3, 0.4) is 0 Å². The second-order valence-electron chi connectivity index (χ2n) is 9.27. The molecule has 2 aromatic rings. The molecule has 3 N–H and O–H groups in total. The number of hydrogen-bond acceptors (Lipinski definition) is 4. The van der Waals surface area contributed by atoms with Crippen LogP contribution in [0.25, 0.3) is 6.08 Å². The molecule has 4 rings (SSSR count). The van der Waals surface area contributed by atoms with E-state index in [0.29, 0.717) is 16.8 Å². The molecule has 1 unspecified atom stereocenters. The number of anilines is 1. The smallest absolute Gasteiger partial charge is 0.254 e. The summed E-state index contributed by atoms with van der Waals surface area (Å²) in [7, 11) is 1.52. The number of amides is 1. The van der Waals surface area contributed by atoms with Crippen LogP contribution in [0.15, 0.2) is 48.5 Å². The number of carbonyl (C=O) groups is 1. The Bertz CT molecular complexity index is 986. The Morgan fingerprint density at radius 2 is 1.94 bits per heavy atom. The van der Waals surface area contributed by atoms with Crippen LogP contribution in [0, 0.1) is 11.3 Å². The molecule has 0 aromatic heterocycles. The number of aliphatic hydroxyl groups is 1. The Balaban J connectivity index is 1.73. The van der Waals surface area contributed by atoms with Gasteiger partial charge in [-0.15, -0.1) is 0 Å². The van der Waals surface area contributed by atoms with Crippen molar-refractivity contribution < 1.29 is 19.7 Å². The van der Waals surface area contributed by atoms with Gasteiger partial charge in [0.05, 0.1) is 12.0 Å². The lowest BCUT2D eigenvalue weighted by Crippen LogP contribution is -2.40. The maximum atomic E-state index is 12.6. The molecule has 1 fully saturated rings. The highest BCUT2D eigenvalue weighted by atomic mass is 16.5. The standard InChI is InChI=1S/C26H31NO4/c1-16-15-26(2,14-12-20(16)28)13-11-18-9-10-19-22(23(18)29)21(17-7-5-4-6-8-17)24(31-3)25(30)27-19/h4-11,13,16,20-21,24,28-29H,12,14-15H2,1-3H3,(H,27,30)/b13-11+/t16-,20-,21?,24-,26+/m0/s1. The highest BCUT2D eigenvalue weighted by molar-refractivity contribution is 6.00. The largest absolute Gasteiger partial charge is 0.507 e. The van der Waals surface area contributed by atoms with E-state index in [2.05, 4.69) is 25.2 Å². The summed E-state index contributed by atoms with van der Waals surface area (Å²) in [4.78, 5) is 12.6. The Morgan fingerprint density at radius 3 is 2.61 bits per heavy atom. The molecule has 1 amide bonds. The van der Waals surface area contributed by atoms with Gasteiger partial charge in [-0.05, 0) is 48.3 Å². The fourth-order valence-electron chi connectivity index (χ4n) is 5.11. The van der Waals surface area contributed by atoms with Gasteiger partial charge in [0.15, 0.2) is 0 Å². The summed E-state index contributed by atoms with van der Waals surface area (Å²) in [5.74, 6) is -0.199. The van der Waals surface area contributed by atoms with Crippen molar-refractivity contribution in [2.24, 2.45) is 11.3 Å². The van der Waals surface area contributed by atoms with E-state index in [1.165, 1.54) is 7.11 Å². The second-order valence-corrected chi connectivity index (χ2v) is 9.27. The Hall–Kier alpha value is -2.63. The van der Waals surface area contributed by atoms with E-state index >= 15 is 0 Å². The molecule has 2 aliphatic rings. The third-order valence-electron chi connectivity index (χ3n) is 6.91. The minimum Gasteiger partial charge on any atom is -0.507 e. The van der Waals surface area contributed by atoms with Crippen molar-refractivity contribution in [3.05, 3.63) is 65.2 Å². The maximum absolute atomic E-state index is 12.6. The molecule has 5 atom stereocenters. The molecule has 1 saturated carbocycles. The van der Waals surface area contributed by atoms with E-state index < -0.39 is 12.0 Å². The molecule has 0 spiro atoms. The average Bonchev–Trinajstić information content (AvgIpc) is 2.76. The molecule has 0 radical (unpaired) electrons. The third-order valence-corrected chi connectivity index (χ3v) is 6.91. The van der Waals surface area contributed by atoms with Crippen LogP contribution in [0.5, 0.6) is 5.75 Å². The minimum atomic E-state index is -0.724. The van der Waals surface area contributed by atoms with Gasteiger partial charge in [0.25, 0.3) is 5.91 Å². The molecule has 1 aliphatic heterocycles. The number of hydrogen-bond donors (Lipinski definition) is 3. The van der Waals surface area contributed by atoms with Crippen molar-refractivity contribution in [1.29, 1.82) is 0 Å². The quantitative estimate of drug-likeness (QED) is 0.669. The van der Waals surface area contributed by atoms with Crippen molar-refractivity contribution in [3.8, 4) is 5.75 Å². The number of phenols is 1. The van der Waals surface area contributed by atoms with Crippen molar-refractivity contribution in [2.45, 2.75) is 51.2 Å². The third kappa shape index (κ3) is 4.12. The summed E-state index contributed by atoms with van der Waals surface area (Å²) in [5.41, 5.74) is 2.90. The summed E-state index contributed by atoms with van der Waals surface area (Å²) in [6.07, 6.45) is 5.78. The number of allylic oxidation sites excluding steroid dienone is 1. The molecule has 1 aliphatic carbocycles. The van der Waals surface area contributed by atoms with E-state index in [9.17, 15) is 15.0 Å². The van der Waals surface area contributed by atoms with Gasteiger partial charge in [-0.2, -0.15) is 0 Å². The zero-order valence-corrected chi connectivity index (χ0v) is 18.3. The van der Waals surface area contributed by atoms with Gasteiger partial charge in [0.1, 0.15) is 11.9 Å². The zero-order chi connectivity index (χ0) is 22.2. The summed E-state index contributed by atoms with van der Waals surface area (Å²) < 4.78 is 5.55. The van der Waals surface area contributed by atoms with Crippen LogP contribution in [0.2, 0.25) is 0 Å². The molecular formula is C26H31NO4. The van der Waals surface area contributed by atoms with Crippen molar-refractivity contribution in [3.63, 3.8) is 0 Å². The number of benzene rings is 2. The topological polar surface area (TPSA) is 78.8 Å². The molecule has 0 saturated heterocycles. The maximum Gasteiger partial charge on any atom is 0.254 e. The molecule has 5 heteroatoms. The first-order valence-corrected chi connectivity index (χ1v) is 10.9. The SMILES string of the molecule is CO[C@@H]1C(=O)Nc2ccc(/C=C/[C@]3(C)CC[C@H](O)[C@@H](C)C3)c(O)c2C1c1ccccc1. The summed E-state index contributed by atoms with van der Waals surface area (Å²) in [6.45, 7) is 4.29. The zero-order valence-electron chi connectivity index (χ0n) is 18.3. The van der Waals surface area contributed by atoms with E-state index in [1.54, 1.807) is 0 Å². The predicted octanol–water partition coefficient (Wildman–Crippen LogP) is 4.69. The molecule has 2 aromatic carbocycles. The van der Waals surface area contributed by atoms with Crippen LogP contribution in [0.4, 0.5) is 5.69 Å². The first-order chi connectivity index (χ1) is 14.8. The monoisotopic (exact) mass is 421 g/mol. The van der Waals surface area contributed by atoms with Crippen LogP contribution >= 0.6 is 0 Å². The van der Waals surface area contributed by atoms with Gasteiger partial charge >= 0.3 is 0 Å². The van der Waals surface area contributed by atoms with E-state index in [0.717, 1.165) is 24.8 Å². The fourth-order valence-corrected chi connectivity index (χ4v) is 5.11. The van der Waals surface area contributed by atoms with E-state index in [-0.39, 0.29) is 29.1 Å². The van der Waals surface area contributed by atoms with E-state index in [4.69, 9.17) is 4.74 Å². The molecule has 0 bridgehead atoms. The minimum absolute atomic E-state index is 0.0247. The molecule has 164 valence electrons. The van der Waals surface area contributed by atoms with Crippen LogP contribution in [0.1, 0.15) is 55.7 Å². The van der Waals surface area contributed by atoms with Gasteiger partial charge in [0, 0.05) is 23.9 Å². The molecular weight excluding hydrogens is 390 g/mol. The number of phenolic OH excluding ortho intramolecular Hbond substituents is 1. The number of nitrogens with one attached hydrogen (secondary N) is 1. The number of rotatable bonds is 4. The summed E-state index contributed by atoms with van der Waals surface area (Å²) in [6, 6.07) is 13.4. The van der Waals surface area contributed by atoms with Crippen LogP contribution in [-0.4, -0.2) is 35.4 Å². The van der Waals surface area contributed by atoms with E-state index in [1.807, 2.05) is 48.5 Å². The highest BCUT2D eigenvalue weighted by Gasteiger charge is 2.39. The van der Waals surface area contributed by atoms with Gasteiger partial charge in [-0.25, -0.2) is 0 Å². The molecule has 1 heterocycles. The molecule has 5 nitrogen and oxygen atoms in total. The fraction of sp³-hybridized carbons (Fsp3) is 0.423. The number of ether oxygens (including phenoxy) is 1. The first-order valence-electron chi connectivity index (χ1n) is 10.9. The number of fused-ring (bicyclic) bond motifs is 1. The number of methoxy groups -OCH3 is 1. The Morgan fingerprint density at radius 1 is 1.19 bits per heavy atom. The Labute approximate surface area is 183 Å². The van der Waals surface area contributed by atoms with Crippen LogP contribution < -0.4 is 5.32 Å². The van der Waals surface area contributed by atoms with Gasteiger partial charge in [-0.1, -0.05) is 56.3 Å². The van der Waals surface area contributed by atoms with Crippen LogP contribution in [-0.2, 0) is 9.53 Å². The van der Waals surface area contributed by atoms with Crippen molar-refractivity contribution >= 4 is 17.7 Å². The van der Waals surface area contributed by atoms with Gasteiger partial charge in [0.2, 0.25) is 0 Å². The summed E-state index contributed by atoms with van der Waals surface area (Å²) in [5, 5.41) is 24.2. The Kier molecular flexibility index (Phi) is 5.91. The lowest BCUT2D eigenvalue weighted by Gasteiger charge is -2.37. The lowest BCUT2D eigenvalue weighted by atomic mass is 9.70. The van der Waals surface area contributed by atoms with Gasteiger partial charge < -0.3 is 20.3 Å². The first kappa shape index (κ1) is 21.6. The van der Waals surface area contributed by atoms with Crippen molar-refractivity contribution in [2.75, 3.05) is 12.4 Å². The number of carbonyl (C=O) groups excluding carboxylic acids is 1. The highest BCUT2D eigenvalue weighted by Crippen LogP contribution is 2.46. The predicted molar refractivity (Wildman–Crippen MR) is 122 cm³/mol. The average molecular weight is 422 g/mol. The lowest BCUT2D eigenvalue weighted by molar-refractivity contribution is -0.126. The number of aromatic hydroxyl groups is 1. The number of aliphatic hydroxyl groups excluding tert-OH is 1. The second kappa shape index (κ2) is 8.48.